The zero-order valence-electron chi connectivity index (χ0n) is 23.0. The lowest BCUT2D eigenvalue weighted by Gasteiger charge is -2.28. The van der Waals surface area contributed by atoms with Crippen LogP contribution in [0.1, 0.15) is 92.5 Å². The first-order valence-corrected chi connectivity index (χ1v) is 15.2. The van der Waals surface area contributed by atoms with E-state index in [2.05, 4.69) is 37.3 Å². The smallest absolute Gasteiger partial charge is 0.142 e. The van der Waals surface area contributed by atoms with E-state index in [9.17, 15) is 8.78 Å². The van der Waals surface area contributed by atoms with Crippen LogP contribution in [0, 0.1) is 23.5 Å². The van der Waals surface area contributed by atoms with E-state index in [0.29, 0.717) is 18.4 Å². The highest BCUT2D eigenvalue weighted by Gasteiger charge is 2.21. The molecule has 0 bridgehead atoms. The maximum atomic E-state index is 14.7. The molecule has 4 rings (SSSR count). The van der Waals surface area contributed by atoms with Crippen molar-refractivity contribution < 1.29 is 8.78 Å². The molecular formula is C35H43ClF2. The lowest BCUT2D eigenvalue weighted by atomic mass is 9.77. The van der Waals surface area contributed by atoms with E-state index in [1.54, 1.807) is 18.2 Å². The molecule has 0 N–H and O–H groups in total. The third-order valence-corrected chi connectivity index (χ3v) is 8.83. The van der Waals surface area contributed by atoms with Crippen LogP contribution in [0.15, 0.2) is 60.7 Å². The molecule has 3 aromatic rings. The molecule has 0 spiro atoms. The standard InChI is InChI=1S/C35H43ClF2/c1-2-3-4-5-26-6-8-27(9-7-26)10-11-28-12-14-29(15-13-28)16-17-30-18-21-32(34(37)24-30)22-19-31-20-23-33(36)35(38)25-31/h6-9,18,20-21,23-25,28-29H,2-5,10-17,19,22H2,1H3. The highest BCUT2D eigenvalue weighted by atomic mass is 35.5. The first kappa shape index (κ1) is 28.8. The third-order valence-electron chi connectivity index (χ3n) is 8.53. The van der Waals surface area contributed by atoms with Crippen LogP contribution in [0.25, 0.3) is 0 Å². The molecule has 0 heterocycles. The van der Waals surface area contributed by atoms with Crippen molar-refractivity contribution in [2.45, 2.75) is 96.8 Å². The summed E-state index contributed by atoms with van der Waals surface area (Å²) in [6.45, 7) is 2.26. The summed E-state index contributed by atoms with van der Waals surface area (Å²) in [7, 11) is 0. The molecule has 0 nitrogen and oxygen atoms in total. The Kier molecular flexibility index (Phi) is 11.2. The molecule has 0 atom stereocenters. The predicted octanol–water partition coefficient (Wildman–Crippen LogP) is 10.5. The summed E-state index contributed by atoms with van der Waals surface area (Å²) in [5, 5.41) is 0.122. The van der Waals surface area contributed by atoms with E-state index in [1.165, 1.54) is 81.4 Å². The lowest BCUT2D eigenvalue weighted by Crippen LogP contribution is -2.16. The number of hydrogen-bond acceptors (Lipinski definition) is 0. The highest BCUT2D eigenvalue weighted by molar-refractivity contribution is 6.30. The number of rotatable bonds is 13. The van der Waals surface area contributed by atoms with Gasteiger partial charge in [-0.2, -0.15) is 0 Å². The molecule has 3 heteroatoms. The van der Waals surface area contributed by atoms with Gasteiger partial charge in [0, 0.05) is 0 Å². The van der Waals surface area contributed by atoms with E-state index in [-0.39, 0.29) is 10.8 Å². The minimum atomic E-state index is -0.420. The number of halogens is 3. The van der Waals surface area contributed by atoms with Crippen molar-refractivity contribution in [1.29, 1.82) is 0 Å². The van der Waals surface area contributed by atoms with Crippen LogP contribution in [0.4, 0.5) is 8.78 Å². The minimum absolute atomic E-state index is 0.122. The molecule has 0 saturated heterocycles. The Morgan fingerprint density at radius 3 is 1.74 bits per heavy atom. The molecule has 0 aliphatic heterocycles. The zero-order valence-corrected chi connectivity index (χ0v) is 23.7. The van der Waals surface area contributed by atoms with Crippen LogP contribution in [-0.2, 0) is 32.1 Å². The second-order valence-corrected chi connectivity index (χ2v) is 11.8. The van der Waals surface area contributed by atoms with Gasteiger partial charge in [-0.3, -0.25) is 0 Å². The molecule has 1 saturated carbocycles. The quantitative estimate of drug-likeness (QED) is 0.190. The molecule has 0 radical (unpaired) electrons. The molecule has 3 aromatic carbocycles. The molecule has 0 aromatic heterocycles. The molecule has 1 aliphatic carbocycles. The van der Waals surface area contributed by atoms with E-state index in [1.807, 2.05) is 6.07 Å². The third kappa shape index (κ3) is 8.94. The largest absolute Gasteiger partial charge is 0.207 e. The summed E-state index contributed by atoms with van der Waals surface area (Å²) in [6.07, 6.45) is 16.1. The van der Waals surface area contributed by atoms with Gasteiger partial charge < -0.3 is 0 Å². The Labute approximate surface area is 233 Å². The molecule has 1 aliphatic rings. The van der Waals surface area contributed by atoms with Gasteiger partial charge in [-0.25, -0.2) is 8.78 Å². The lowest BCUT2D eigenvalue weighted by molar-refractivity contribution is 0.253. The first-order valence-electron chi connectivity index (χ1n) is 14.8. The van der Waals surface area contributed by atoms with Crippen molar-refractivity contribution in [3.63, 3.8) is 0 Å². The van der Waals surface area contributed by atoms with Gasteiger partial charge in [0.25, 0.3) is 0 Å². The summed E-state index contributed by atoms with van der Waals surface area (Å²) in [5.74, 6) is 1.05. The van der Waals surface area contributed by atoms with Crippen molar-refractivity contribution in [3.8, 4) is 0 Å². The molecule has 204 valence electrons. The summed E-state index contributed by atoms with van der Waals surface area (Å²) >= 11 is 5.75. The van der Waals surface area contributed by atoms with Crippen LogP contribution in [-0.4, -0.2) is 0 Å². The molecule has 38 heavy (non-hydrogen) atoms. The second kappa shape index (κ2) is 14.8. The van der Waals surface area contributed by atoms with Gasteiger partial charge >= 0.3 is 0 Å². The Bertz CT molecular complexity index is 1130. The topological polar surface area (TPSA) is 0 Å². The van der Waals surface area contributed by atoms with Gasteiger partial charge in [-0.1, -0.05) is 99.5 Å². The van der Waals surface area contributed by atoms with Crippen LogP contribution < -0.4 is 0 Å². The average molecular weight is 537 g/mol. The SMILES string of the molecule is CCCCCc1ccc(CCC2CCC(CCc3ccc(CCc4ccc(Cl)c(F)c4)c(F)c3)CC2)cc1. The monoisotopic (exact) mass is 536 g/mol. The van der Waals surface area contributed by atoms with Crippen LogP contribution in [0.3, 0.4) is 0 Å². The van der Waals surface area contributed by atoms with Crippen LogP contribution in [0.2, 0.25) is 5.02 Å². The summed E-state index contributed by atoms with van der Waals surface area (Å²) in [6, 6.07) is 19.8. The Morgan fingerprint density at radius 1 is 0.605 bits per heavy atom. The van der Waals surface area contributed by atoms with Crippen molar-refractivity contribution in [2.24, 2.45) is 11.8 Å². The summed E-state index contributed by atoms with van der Waals surface area (Å²) in [5.41, 5.74) is 5.57. The van der Waals surface area contributed by atoms with E-state index in [4.69, 9.17) is 11.6 Å². The van der Waals surface area contributed by atoms with Crippen molar-refractivity contribution in [1.82, 2.24) is 0 Å². The van der Waals surface area contributed by atoms with Gasteiger partial charge in [-0.15, -0.1) is 0 Å². The number of unbranched alkanes of at least 4 members (excludes halogenated alkanes) is 2. The minimum Gasteiger partial charge on any atom is -0.207 e. The molecule has 1 fully saturated rings. The number of benzene rings is 3. The average Bonchev–Trinajstić information content (AvgIpc) is 2.93. The van der Waals surface area contributed by atoms with Gasteiger partial charge in [0.2, 0.25) is 0 Å². The summed E-state index contributed by atoms with van der Waals surface area (Å²) in [4.78, 5) is 0. The number of aryl methyl sites for hydroxylation is 5. The Morgan fingerprint density at radius 2 is 1.13 bits per heavy atom. The van der Waals surface area contributed by atoms with Crippen LogP contribution >= 0.6 is 11.6 Å². The van der Waals surface area contributed by atoms with Gasteiger partial charge in [0.1, 0.15) is 11.6 Å². The van der Waals surface area contributed by atoms with Gasteiger partial charge in [0.05, 0.1) is 5.02 Å². The predicted molar refractivity (Wildman–Crippen MR) is 157 cm³/mol. The summed E-state index contributed by atoms with van der Waals surface area (Å²) < 4.78 is 28.4. The fourth-order valence-corrected chi connectivity index (χ4v) is 6.04. The second-order valence-electron chi connectivity index (χ2n) is 11.4. The maximum Gasteiger partial charge on any atom is 0.142 e. The fourth-order valence-electron chi connectivity index (χ4n) is 5.93. The molecule has 0 unspecified atom stereocenters. The van der Waals surface area contributed by atoms with Crippen molar-refractivity contribution in [2.75, 3.05) is 0 Å². The zero-order chi connectivity index (χ0) is 26.7. The van der Waals surface area contributed by atoms with E-state index >= 15 is 0 Å². The van der Waals surface area contributed by atoms with Crippen molar-refractivity contribution in [3.05, 3.63) is 105 Å². The maximum absolute atomic E-state index is 14.7. The Hall–Kier alpha value is -2.19. The first-order chi connectivity index (χ1) is 18.5. The normalized spacial score (nSPS) is 17.6. The van der Waals surface area contributed by atoms with Crippen molar-refractivity contribution >= 4 is 11.6 Å². The molecule has 0 amide bonds. The Balaban J connectivity index is 1.14. The van der Waals surface area contributed by atoms with Gasteiger partial charge in [0.15, 0.2) is 0 Å². The van der Waals surface area contributed by atoms with E-state index < -0.39 is 5.82 Å². The fraction of sp³-hybridized carbons (Fsp3) is 0.486. The van der Waals surface area contributed by atoms with Gasteiger partial charge in [-0.05, 0) is 109 Å². The molecular weight excluding hydrogens is 494 g/mol. The number of hydrogen-bond donors (Lipinski definition) is 0. The van der Waals surface area contributed by atoms with E-state index in [0.717, 1.165) is 35.8 Å². The van der Waals surface area contributed by atoms with Crippen LogP contribution in [0.5, 0.6) is 0 Å². The highest BCUT2D eigenvalue weighted by Crippen LogP contribution is 2.34.